The van der Waals surface area contributed by atoms with Crippen molar-refractivity contribution in [3.05, 3.63) is 59.8 Å². The van der Waals surface area contributed by atoms with Gasteiger partial charge in [-0.05, 0) is 50.3 Å². The molecule has 0 radical (unpaired) electrons. The second-order valence-corrected chi connectivity index (χ2v) is 6.91. The highest BCUT2D eigenvalue weighted by Crippen LogP contribution is 2.41. The lowest BCUT2D eigenvalue weighted by Gasteiger charge is -2.09. The van der Waals surface area contributed by atoms with Crippen LogP contribution >= 0.6 is 0 Å². The lowest BCUT2D eigenvalue weighted by molar-refractivity contribution is 0.135. The van der Waals surface area contributed by atoms with Crippen LogP contribution in [0.1, 0.15) is 17.5 Å². The van der Waals surface area contributed by atoms with E-state index in [2.05, 4.69) is 41.3 Å². The smallest absolute Gasteiger partial charge is 0.119 e. The van der Waals surface area contributed by atoms with Crippen LogP contribution in [0, 0.1) is 0 Å². The average molecular weight is 361 g/mol. The van der Waals surface area contributed by atoms with E-state index < -0.39 is 0 Å². The zero-order valence-corrected chi connectivity index (χ0v) is 15.9. The van der Waals surface area contributed by atoms with Gasteiger partial charge in [0.15, 0.2) is 0 Å². The molecule has 0 unspecified atom stereocenters. The number of nitrogens with zero attached hydrogens (tertiary/aromatic N) is 3. The Kier molecular flexibility index (Phi) is 4.77. The van der Waals surface area contributed by atoms with E-state index in [1.165, 1.54) is 0 Å². The van der Waals surface area contributed by atoms with Crippen LogP contribution in [-0.4, -0.2) is 50.0 Å². The molecule has 3 aromatic rings. The summed E-state index contributed by atoms with van der Waals surface area (Å²) in [6.45, 7) is 1.55. The van der Waals surface area contributed by atoms with Crippen molar-refractivity contribution in [1.29, 1.82) is 0 Å². The van der Waals surface area contributed by atoms with Crippen molar-refractivity contribution in [1.82, 2.24) is 9.88 Å². The lowest BCUT2D eigenvalue weighted by atomic mass is 10.0. The van der Waals surface area contributed by atoms with Gasteiger partial charge in [0.05, 0.1) is 12.6 Å². The number of ether oxygens (including phenoxy) is 1. The van der Waals surface area contributed by atoms with Crippen molar-refractivity contribution in [2.45, 2.75) is 6.42 Å². The first-order chi connectivity index (χ1) is 13.2. The summed E-state index contributed by atoms with van der Waals surface area (Å²) < 4.78 is 5.43. The number of para-hydroxylation sites is 1. The minimum absolute atomic E-state index is 0.583. The Hall–Kier alpha value is -2.92. The summed E-state index contributed by atoms with van der Waals surface area (Å²) in [7, 11) is 5.79. The largest absolute Gasteiger partial charge is 0.497 e. The Morgan fingerprint density at radius 2 is 1.89 bits per heavy atom. The van der Waals surface area contributed by atoms with Crippen LogP contribution in [0.3, 0.4) is 0 Å². The van der Waals surface area contributed by atoms with Gasteiger partial charge in [-0.3, -0.25) is 4.98 Å². The highest BCUT2D eigenvalue weighted by atomic mass is 16.6. The predicted molar refractivity (Wildman–Crippen MR) is 108 cm³/mol. The van der Waals surface area contributed by atoms with Crippen LogP contribution in [0.4, 0.5) is 0 Å². The molecule has 5 heteroatoms. The SMILES string of the molecule is COc1ccc2c(c1)/C(=N\OCCCN(C)C)c1c-2cnc2ccccc12. The van der Waals surface area contributed by atoms with Gasteiger partial charge in [-0.25, -0.2) is 0 Å². The van der Waals surface area contributed by atoms with Crippen molar-refractivity contribution in [2.24, 2.45) is 5.16 Å². The number of aromatic nitrogens is 1. The zero-order valence-electron chi connectivity index (χ0n) is 15.9. The first-order valence-corrected chi connectivity index (χ1v) is 9.10. The fourth-order valence-corrected chi connectivity index (χ4v) is 3.47. The maximum Gasteiger partial charge on any atom is 0.119 e. The molecule has 5 nitrogen and oxygen atoms in total. The van der Waals surface area contributed by atoms with E-state index in [-0.39, 0.29) is 0 Å². The minimum Gasteiger partial charge on any atom is -0.497 e. The maximum atomic E-state index is 5.70. The van der Waals surface area contributed by atoms with E-state index in [1.807, 2.05) is 36.5 Å². The molecule has 4 rings (SSSR count). The minimum atomic E-state index is 0.583. The first-order valence-electron chi connectivity index (χ1n) is 9.10. The van der Waals surface area contributed by atoms with Gasteiger partial charge in [-0.1, -0.05) is 23.4 Å². The molecule has 0 atom stereocenters. The van der Waals surface area contributed by atoms with E-state index >= 15 is 0 Å². The lowest BCUT2D eigenvalue weighted by Crippen LogP contribution is -2.14. The maximum absolute atomic E-state index is 5.70. The van der Waals surface area contributed by atoms with Gasteiger partial charge in [0.25, 0.3) is 0 Å². The molecule has 138 valence electrons. The normalized spacial score (nSPS) is 13.9. The van der Waals surface area contributed by atoms with E-state index in [1.54, 1.807) is 7.11 Å². The number of hydrogen-bond acceptors (Lipinski definition) is 5. The molecule has 0 saturated carbocycles. The molecule has 0 N–H and O–H groups in total. The van der Waals surface area contributed by atoms with Crippen molar-refractivity contribution in [2.75, 3.05) is 34.4 Å². The van der Waals surface area contributed by atoms with Crippen LogP contribution in [0.5, 0.6) is 5.75 Å². The first kappa shape index (κ1) is 17.5. The molecular formula is C22H23N3O2. The van der Waals surface area contributed by atoms with E-state index in [9.17, 15) is 0 Å². The Balaban J connectivity index is 1.78. The molecule has 0 spiro atoms. The summed E-state index contributed by atoms with van der Waals surface area (Å²) >= 11 is 0. The Bertz CT molecular complexity index is 1010. The van der Waals surface area contributed by atoms with Crippen LogP contribution in [0.15, 0.2) is 53.8 Å². The fraction of sp³-hybridized carbons (Fsp3) is 0.273. The second kappa shape index (κ2) is 7.37. The Morgan fingerprint density at radius 1 is 1.04 bits per heavy atom. The monoisotopic (exact) mass is 361 g/mol. The van der Waals surface area contributed by atoms with Crippen LogP contribution < -0.4 is 4.74 Å². The summed E-state index contributed by atoms with van der Waals surface area (Å²) in [5.41, 5.74) is 6.10. The molecule has 1 aromatic heterocycles. The van der Waals surface area contributed by atoms with Gasteiger partial charge in [-0.2, -0.15) is 0 Å². The van der Waals surface area contributed by atoms with Gasteiger partial charge in [0.1, 0.15) is 18.1 Å². The van der Waals surface area contributed by atoms with Gasteiger partial charge in [0, 0.05) is 34.8 Å². The Morgan fingerprint density at radius 3 is 2.70 bits per heavy atom. The predicted octanol–water partition coefficient (Wildman–Crippen LogP) is 3.94. The molecular weight excluding hydrogens is 338 g/mol. The molecule has 1 heterocycles. The fourth-order valence-electron chi connectivity index (χ4n) is 3.47. The van der Waals surface area contributed by atoms with E-state index in [0.717, 1.165) is 57.6 Å². The number of benzene rings is 2. The van der Waals surface area contributed by atoms with Gasteiger partial charge < -0.3 is 14.5 Å². The molecule has 0 amide bonds. The molecule has 0 aliphatic heterocycles. The van der Waals surface area contributed by atoms with Crippen molar-refractivity contribution in [3.63, 3.8) is 0 Å². The highest BCUT2D eigenvalue weighted by Gasteiger charge is 2.28. The number of methoxy groups -OCH3 is 1. The average Bonchev–Trinajstić information content (AvgIpc) is 3.01. The van der Waals surface area contributed by atoms with Crippen molar-refractivity contribution < 1.29 is 9.57 Å². The van der Waals surface area contributed by atoms with Gasteiger partial charge >= 0.3 is 0 Å². The summed E-state index contributed by atoms with van der Waals surface area (Å²) in [6.07, 6.45) is 2.86. The molecule has 0 saturated heterocycles. The third-order valence-corrected chi connectivity index (χ3v) is 4.78. The molecule has 27 heavy (non-hydrogen) atoms. The highest BCUT2D eigenvalue weighted by molar-refractivity contribution is 6.29. The summed E-state index contributed by atoms with van der Waals surface area (Å²) in [4.78, 5) is 12.5. The molecule has 1 aliphatic carbocycles. The van der Waals surface area contributed by atoms with E-state index in [0.29, 0.717) is 6.61 Å². The number of pyridine rings is 1. The Labute approximate surface area is 159 Å². The molecule has 2 aromatic carbocycles. The topological polar surface area (TPSA) is 47.0 Å². The number of oxime groups is 1. The zero-order chi connectivity index (χ0) is 18.8. The number of hydrogen-bond donors (Lipinski definition) is 0. The van der Waals surface area contributed by atoms with Crippen molar-refractivity contribution >= 4 is 16.6 Å². The number of fused-ring (bicyclic) bond motifs is 5. The molecule has 1 aliphatic rings. The van der Waals surface area contributed by atoms with Crippen LogP contribution in [0.2, 0.25) is 0 Å². The number of rotatable bonds is 6. The van der Waals surface area contributed by atoms with Gasteiger partial charge in [0.2, 0.25) is 0 Å². The summed E-state index contributed by atoms with van der Waals surface area (Å²) in [5.74, 6) is 0.805. The van der Waals surface area contributed by atoms with E-state index in [4.69, 9.17) is 9.57 Å². The summed E-state index contributed by atoms with van der Waals surface area (Å²) in [5, 5.41) is 5.63. The second-order valence-electron chi connectivity index (χ2n) is 6.91. The van der Waals surface area contributed by atoms with Crippen molar-refractivity contribution in [3.8, 4) is 16.9 Å². The van der Waals surface area contributed by atoms with Crippen LogP contribution in [0.25, 0.3) is 22.0 Å². The quantitative estimate of drug-likeness (QED) is 0.385. The molecule has 0 fully saturated rings. The van der Waals surface area contributed by atoms with Crippen LogP contribution in [-0.2, 0) is 4.84 Å². The van der Waals surface area contributed by atoms with Gasteiger partial charge in [-0.15, -0.1) is 0 Å². The standard InChI is InChI=1S/C22H23N3O2/c1-25(2)11-6-12-27-24-22-18-13-15(26-3)9-10-16(18)19-14-23-20-8-5-4-7-17(20)21(19)22/h4-5,7-10,13-14H,6,11-12H2,1-3H3/b24-22+. The summed E-state index contributed by atoms with van der Waals surface area (Å²) in [6, 6.07) is 14.2. The third kappa shape index (κ3) is 3.26. The molecule has 0 bridgehead atoms. The third-order valence-electron chi connectivity index (χ3n) is 4.78.